The molecule has 0 amide bonds. The fraction of sp³-hybridized carbons (Fsp3) is 0.667. The predicted octanol–water partition coefficient (Wildman–Crippen LogP) is 3.18. The van der Waals surface area contributed by atoms with Gasteiger partial charge >= 0.3 is 0 Å². The van der Waals surface area contributed by atoms with E-state index in [1.165, 1.54) is 25.7 Å². The molecule has 2 unspecified atom stereocenters. The Morgan fingerprint density at radius 3 is 2.86 bits per heavy atom. The largest absolute Gasteiger partial charge is 0.378 e. The van der Waals surface area contributed by atoms with E-state index in [-0.39, 0.29) is 24.0 Å². The normalized spacial score (nSPS) is 23.0. The number of aliphatic imine (C=N–C) groups is 1. The Morgan fingerprint density at radius 1 is 1.28 bits per heavy atom. The lowest BCUT2D eigenvalue weighted by Gasteiger charge is -2.54. The van der Waals surface area contributed by atoms with E-state index in [1.54, 1.807) is 0 Å². The second-order valence-electron chi connectivity index (χ2n) is 7.87. The summed E-state index contributed by atoms with van der Waals surface area (Å²) in [5.74, 6) is 1.85. The summed E-state index contributed by atoms with van der Waals surface area (Å²) in [5, 5.41) is 15.6. The average Bonchev–Trinajstić information content (AvgIpc) is 3.37. The first-order valence-corrected chi connectivity index (χ1v) is 10.7. The molecule has 8 heteroatoms. The fourth-order valence-electron chi connectivity index (χ4n) is 4.90. The van der Waals surface area contributed by atoms with Gasteiger partial charge in [-0.25, -0.2) is 0 Å². The molecule has 2 atom stereocenters. The van der Waals surface area contributed by atoms with Gasteiger partial charge in [0.25, 0.3) is 0 Å². The molecule has 0 bridgehead atoms. The zero-order valence-corrected chi connectivity index (χ0v) is 19.8. The Balaban J connectivity index is 0.00000240. The Hall–Kier alpha value is -1.42. The Bertz CT molecular complexity index is 816. The van der Waals surface area contributed by atoms with Crippen LogP contribution in [0.2, 0.25) is 0 Å². The molecule has 2 saturated carbocycles. The van der Waals surface area contributed by atoms with Crippen molar-refractivity contribution in [1.82, 2.24) is 25.2 Å². The molecule has 4 rings (SSSR count). The SMILES string of the molecule is CCNC(=NCCc1nnc2ccccn12)NC1CC(OCC)C12CCCC2.I. The summed E-state index contributed by atoms with van der Waals surface area (Å²) in [6.07, 6.45) is 9.41. The van der Waals surface area contributed by atoms with Crippen LogP contribution in [0.15, 0.2) is 29.4 Å². The number of hydrogen-bond donors (Lipinski definition) is 2. The molecule has 29 heavy (non-hydrogen) atoms. The number of ether oxygens (including phenoxy) is 1. The number of guanidine groups is 1. The van der Waals surface area contributed by atoms with E-state index in [0.717, 1.165) is 43.4 Å². The van der Waals surface area contributed by atoms with Gasteiger partial charge in [-0.3, -0.25) is 9.39 Å². The average molecular weight is 512 g/mol. The molecule has 2 N–H and O–H groups in total. The van der Waals surface area contributed by atoms with Crippen molar-refractivity contribution in [3.05, 3.63) is 30.2 Å². The summed E-state index contributed by atoms with van der Waals surface area (Å²) >= 11 is 0. The zero-order chi connectivity index (χ0) is 19.4. The Morgan fingerprint density at radius 2 is 2.10 bits per heavy atom. The van der Waals surface area contributed by atoms with Gasteiger partial charge in [-0.2, -0.15) is 0 Å². The van der Waals surface area contributed by atoms with Gasteiger partial charge in [0.1, 0.15) is 5.82 Å². The van der Waals surface area contributed by atoms with Crippen molar-refractivity contribution in [2.45, 2.75) is 64.5 Å². The van der Waals surface area contributed by atoms with Crippen LogP contribution in [0.3, 0.4) is 0 Å². The van der Waals surface area contributed by atoms with Gasteiger partial charge in [0.05, 0.1) is 6.10 Å². The Kier molecular flexibility index (Phi) is 7.72. The summed E-state index contributed by atoms with van der Waals surface area (Å²) in [4.78, 5) is 4.82. The smallest absolute Gasteiger partial charge is 0.191 e. The van der Waals surface area contributed by atoms with Crippen LogP contribution in [0, 0.1) is 5.41 Å². The van der Waals surface area contributed by atoms with Gasteiger partial charge < -0.3 is 15.4 Å². The van der Waals surface area contributed by atoms with Crippen LogP contribution in [0.5, 0.6) is 0 Å². The van der Waals surface area contributed by atoms with E-state index >= 15 is 0 Å². The number of fused-ring (bicyclic) bond motifs is 1. The van der Waals surface area contributed by atoms with Gasteiger partial charge in [-0.05, 0) is 45.2 Å². The molecule has 160 valence electrons. The van der Waals surface area contributed by atoms with Gasteiger partial charge in [-0.1, -0.05) is 18.9 Å². The van der Waals surface area contributed by atoms with Crippen molar-refractivity contribution in [2.24, 2.45) is 10.4 Å². The van der Waals surface area contributed by atoms with Crippen molar-refractivity contribution in [2.75, 3.05) is 19.7 Å². The van der Waals surface area contributed by atoms with Gasteiger partial charge in [0.15, 0.2) is 11.6 Å². The third kappa shape index (κ3) is 4.52. The molecule has 2 aromatic rings. The first kappa shape index (κ1) is 22.3. The molecule has 1 spiro atoms. The van der Waals surface area contributed by atoms with E-state index in [0.29, 0.717) is 24.1 Å². The molecular formula is C21H33IN6O. The minimum atomic E-state index is 0. The van der Waals surface area contributed by atoms with Gasteiger partial charge in [0, 0.05) is 43.8 Å². The highest BCUT2D eigenvalue weighted by atomic mass is 127. The number of hydrogen-bond acceptors (Lipinski definition) is 4. The van der Waals surface area contributed by atoms with Crippen LogP contribution in [-0.2, 0) is 11.2 Å². The number of rotatable bonds is 7. The number of aromatic nitrogens is 3. The molecule has 0 aromatic carbocycles. The van der Waals surface area contributed by atoms with Gasteiger partial charge in [0.2, 0.25) is 0 Å². The monoisotopic (exact) mass is 512 g/mol. The molecule has 0 saturated heterocycles. The van der Waals surface area contributed by atoms with E-state index in [2.05, 4.69) is 34.7 Å². The highest BCUT2D eigenvalue weighted by Gasteiger charge is 2.56. The van der Waals surface area contributed by atoms with Crippen molar-refractivity contribution in [3.63, 3.8) is 0 Å². The third-order valence-electron chi connectivity index (χ3n) is 6.33. The van der Waals surface area contributed by atoms with Crippen LogP contribution < -0.4 is 10.6 Å². The maximum Gasteiger partial charge on any atom is 0.191 e. The maximum absolute atomic E-state index is 6.04. The molecule has 2 fully saturated rings. The van der Waals surface area contributed by atoms with Crippen LogP contribution >= 0.6 is 24.0 Å². The molecule has 7 nitrogen and oxygen atoms in total. The van der Waals surface area contributed by atoms with E-state index in [9.17, 15) is 0 Å². The summed E-state index contributed by atoms with van der Waals surface area (Å²) in [6, 6.07) is 6.41. The second kappa shape index (κ2) is 10.1. The molecule has 0 radical (unpaired) electrons. The molecule has 2 aliphatic rings. The van der Waals surface area contributed by atoms with E-state index in [1.807, 2.05) is 28.8 Å². The molecule has 2 aromatic heterocycles. The number of halogens is 1. The Labute approximate surface area is 190 Å². The molecular weight excluding hydrogens is 479 g/mol. The van der Waals surface area contributed by atoms with E-state index < -0.39 is 0 Å². The fourth-order valence-corrected chi connectivity index (χ4v) is 4.90. The zero-order valence-electron chi connectivity index (χ0n) is 17.4. The van der Waals surface area contributed by atoms with Crippen molar-refractivity contribution in [3.8, 4) is 0 Å². The van der Waals surface area contributed by atoms with Crippen LogP contribution in [-0.4, -0.2) is 52.4 Å². The lowest BCUT2D eigenvalue weighted by molar-refractivity contribution is -0.125. The highest BCUT2D eigenvalue weighted by Crippen LogP contribution is 2.54. The molecule has 2 aliphatic carbocycles. The second-order valence-corrected chi connectivity index (χ2v) is 7.87. The molecule has 2 heterocycles. The standard InChI is InChI=1S/C21H32N6O.HI/c1-3-22-20(23-13-10-19-26-25-18-9-5-8-14-27(18)19)24-16-15-17(28-4-2)21(16)11-6-7-12-21;/h5,8-9,14,16-17H,3-4,6-7,10-13,15H2,1-2H3,(H2,22,23,24);1H. The first-order chi connectivity index (χ1) is 13.8. The van der Waals surface area contributed by atoms with Crippen molar-refractivity contribution >= 4 is 35.6 Å². The van der Waals surface area contributed by atoms with Crippen molar-refractivity contribution < 1.29 is 4.74 Å². The lowest BCUT2D eigenvalue weighted by Crippen LogP contribution is -2.65. The van der Waals surface area contributed by atoms with Crippen LogP contribution in [0.1, 0.15) is 51.8 Å². The number of pyridine rings is 1. The summed E-state index contributed by atoms with van der Waals surface area (Å²) in [6.45, 7) is 6.55. The minimum Gasteiger partial charge on any atom is -0.378 e. The maximum atomic E-state index is 6.04. The van der Waals surface area contributed by atoms with Crippen molar-refractivity contribution in [1.29, 1.82) is 0 Å². The minimum absolute atomic E-state index is 0. The number of nitrogens with zero attached hydrogens (tertiary/aromatic N) is 4. The summed E-state index contributed by atoms with van der Waals surface area (Å²) in [7, 11) is 0. The first-order valence-electron chi connectivity index (χ1n) is 10.7. The van der Waals surface area contributed by atoms with Crippen LogP contribution in [0.25, 0.3) is 5.65 Å². The third-order valence-corrected chi connectivity index (χ3v) is 6.33. The quantitative estimate of drug-likeness (QED) is 0.339. The van der Waals surface area contributed by atoms with Gasteiger partial charge in [-0.15, -0.1) is 34.2 Å². The summed E-state index contributed by atoms with van der Waals surface area (Å²) < 4.78 is 8.07. The summed E-state index contributed by atoms with van der Waals surface area (Å²) in [5.41, 5.74) is 1.18. The topological polar surface area (TPSA) is 75.8 Å². The molecule has 0 aliphatic heterocycles. The highest BCUT2D eigenvalue weighted by molar-refractivity contribution is 14.0. The predicted molar refractivity (Wildman–Crippen MR) is 126 cm³/mol. The van der Waals surface area contributed by atoms with E-state index in [4.69, 9.17) is 9.73 Å². The van der Waals surface area contributed by atoms with Crippen LogP contribution in [0.4, 0.5) is 0 Å². The lowest BCUT2D eigenvalue weighted by atomic mass is 9.60. The number of nitrogens with one attached hydrogen (secondary N) is 2.